The maximum atomic E-state index is 13.2. The molecule has 4 N–H and O–H groups in total. The molecule has 3 heterocycles. The van der Waals surface area contributed by atoms with Gasteiger partial charge in [0.1, 0.15) is 5.54 Å². The quantitative estimate of drug-likeness (QED) is 0.233. The average molecular weight is 657 g/mol. The first-order chi connectivity index (χ1) is 23.3. The van der Waals surface area contributed by atoms with E-state index in [1.54, 1.807) is 12.1 Å². The molecule has 2 amide bonds. The van der Waals surface area contributed by atoms with Gasteiger partial charge < -0.3 is 40.1 Å². The Bertz CT molecular complexity index is 1560. The predicted octanol–water partition coefficient (Wildman–Crippen LogP) is 4.59. The molecule has 3 aromatic rings. The lowest BCUT2D eigenvalue weighted by Gasteiger charge is -2.46. The van der Waals surface area contributed by atoms with Crippen molar-refractivity contribution in [3.05, 3.63) is 95.6 Å². The van der Waals surface area contributed by atoms with E-state index in [1.165, 1.54) is 0 Å². The molecule has 0 saturated carbocycles. The summed E-state index contributed by atoms with van der Waals surface area (Å²) < 4.78 is 13.3. The van der Waals surface area contributed by atoms with Gasteiger partial charge in [-0.05, 0) is 54.7 Å². The van der Waals surface area contributed by atoms with Crippen molar-refractivity contribution in [3.63, 3.8) is 0 Å². The van der Waals surface area contributed by atoms with Crippen LogP contribution < -0.4 is 15.5 Å². The number of likely N-dealkylation sites (tertiary alicyclic amines) is 1. The second kappa shape index (κ2) is 14.9. The number of aliphatic carboxylic acids is 1. The van der Waals surface area contributed by atoms with Crippen LogP contribution in [0.4, 0.5) is 11.4 Å². The number of carboxylic acid groups (broad SMARTS) is 1. The van der Waals surface area contributed by atoms with Crippen molar-refractivity contribution in [2.45, 2.75) is 69.7 Å². The number of para-hydroxylation sites is 1. The van der Waals surface area contributed by atoms with Crippen LogP contribution >= 0.6 is 0 Å². The molecular formula is C37H44N4O7. The van der Waals surface area contributed by atoms with Gasteiger partial charge in [0.05, 0.1) is 25.5 Å². The number of hydrogen-bond acceptors (Lipinski definition) is 8. The van der Waals surface area contributed by atoms with Crippen molar-refractivity contribution in [2.24, 2.45) is 5.92 Å². The van der Waals surface area contributed by atoms with Crippen LogP contribution in [0.15, 0.2) is 78.9 Å². The van der Waals surface area contributed by atoms with Crippen LogP contribution in [-0.4, -0.2) is 70.8 Å². The normalized spacial score (nSPS) is 24.0. The minimum atomic E-state index is -0.921. The summed E-state index contributed by atoms with van der Waals surface area (Å²) in [5.74, 6) is -1.06. The summed E-state index contributed by atoms with van der Waals surface area (Å²) >= 11 is 0. The number of aliphatic hydroxyl groups is 1. The van der Waals surface area contributed by atoms with Crippen molar-refractivity contribution in [1.29, 1.82) is 0 Å². The minimum absolute atomic E-state index is 0.0112. The van der Waals surface area contributed by atoms with Gasteiger partial charge in [-0.2, -0.15) is 0 Å². The summed E-state index contributed by atoms with van der Waals surface area (Å²) in [5, 5.41) is 24.3. The number of nitrogens with one attached hydrogen (secondary N) is 2. The van der Waals surface area contributed by atoms with Gasteiger partial charge in [0.25, 0.3) is 0 Å². The van der Waals surface area contributed by atoms with E-state index in [-0.39, 0.29) is 55.8 Å². The molecule has 4 atom stereocenters. The number of rotatable bonds is 11. The SMILES string of the molecule is CC1C(CN2CCC3(CC2)C(=O)NCN3c2ccccc2)OC(c2ccc(NC(=O)CCCC(=O)O)cc2)OC1c1ccc(CO)cc1. The van der Waals surface area contributed by atoms with Gasteiger partial charge in [0, 0.05) is 55.3 Å². The molecule has 4 unspecified atom stereocenters. The van der Waals surface area contributed by atoms with Crippen LogP contribution in [0.3, 0.4) is 0 Å². The third-order valence-corrected chi connectivity index (χ3v) is 9.91. The number of benzene rings is 3. The second-order valence-corrected chi connectivity index (χ2v) is 13.0. The number of aliphatic hydroxyl groups excluding tert-OH is 1. The Morgan fingerprint density at radius 1 is 0.938 bits per heavy atom. The molecule has 48 heavy (non-hydrogen) atoms. The Hall–Kier alpha value is -4.29. The Balaban J connectivity index is 1.15. The molecule has 11 nitrogen and oxygen atoms in total. The van der Waals surface area contributed by atoms with E-state index in [9.17, 15) is 19.5 Å². The van der Waals surface area contributed by atoms with Crippen LogP contribution in [0.2, 0.25) is 0 Å². The fourth-order valence-electron chi connectivity index (χ4n) is 7.07. The second-order valence-electron chi connectivity index (χ2n) is 13.0. The number of anilines is 2. The molecule has 11 heteroatoms. The van der Waals surface area contributed by atoms with E-state index in [0.717, 1.165) is 35.5 Å². The van der Waals surface area contributed by atoms with Crippen LogP contribution in [0.5, 0.6) is 0 Å². The van der Waals surface area contributed by atoms with Gasteiger partial charge in [-0.25, -0.2) is 0 Å². The molecule has 1 spiro atoms. The van der Waals surface area contributed by atoms with Crippen molar-refractivity contribution in [2.75, 3.05) is 36.5 Å². The minimum Gasteiger partial charge on any atom is -0.481 e. The molecule has 254 valence electrons. The number of ether oxygens (including phenoxy) is 2. The molecule has 0 aromatic heterocycles. The van der Waals surface area contributed by atoms with Crippen LogP contribution in [0.25, 0.3) is 0 Å². The summed E-state index contributed by atoms with van der Waals surface area (Å²) in [6.45, 7) is 4.81. The zero-order valence-electron chi connectivity index (χ0n) is 27.2. The van der Waals surface area contributed by atoms with Gasteiger partial charge in [-0.3, -0.25) is 14.4 Å². The largest absolute Gasteiger partial charge is 0.481 e. The first-order valence-corrected chi connectivity index (χ1v) is 16.7. The van der Waals surface area contributed by atoms with E-state index < -0.39 is 17.8 Å². The van der Waals surface area contributed by atoms with Crippen molar-refractivity contribution in [3.8, 4) is 0 Å². The number of carboxylic acids is 1. The maximum absolute atomic E-state index is 13.2. The monoisotopic (exact) mass is 656 g/mol. The van der Waals surface area contributed by atoms with Crippen molar-refractivity contribution >= 4 is 29.2 Å². The maximum Gasteiger partial charge on any atom is 0.303 e. The lowest BCUT2D eigenvalue weighted by Crippen LogP contribution is -2.57. The highest BCUT2D eigenvalue weighted by Crippen LogP contribution is 2.43. The summed E-state index contributed by atoms with van der Waals surface area (Å²) in [5.41, 5.74) is 3.74. The third kappa shape index (κ3) is 7.39. The fraction of sp³-hybridized carbons (Fsp3) is 0.432. The lowest BCUT2D eigenvalue weighted by atomic mass is 9.84. The number of carbonyl (C=O) groups excluding carboxylic acids is 2. The third-order valence-electron chi connectivity index (χ3n) is 9.91. The number of piperidine rings is 1. The summed E-state index contributed by atoms with van der Waals surface area (Å²) in [6.07, 6.45) is 0.697. The van der Waals surface area contributed by atoms with E-state index in [1.807, 2.05) is 54.6 Å². The molecule has 3 aromatic carbocycles. The van der Waals surface area contributed by atoms with Crippen LogP contribution in [0, 0.1) is 5.92 Å². The van der Waals surface area contributed by atoms with Gasteiger partial charge >= 0.3 is 5.97 Å². The summed E-state index contributed by atoms with van der Waals surface area (Å²) in [6, 6.07) is 25.3. The molecule has 3 aliphatic rings. The summed E-state index contributed by atoms with van der Waals surface area (Å²) in [7, 11) is 0. The first-order valence-electron chi connectivity index (χ1n) is 16.7. The first kappa shape index (κ1) is 33.6. The number of carbonyl (C=O) groups is 3. The highest BCUT2D eigenvalue weighted by Gasteiger charge is 2.51. The number of hydrogen-bond donors (Lipinski definition) is 4. The highest BCUT2D eigenvalue weighted by molar-refractivity contribution is 5.93. The Morgan fingerprint density at radius 3 is 2.29 bits per heavy atom. The standard InChI is InChI=1S/C37H44N4O7/c1-25-31(22-40-20-18-37(19-21-40)36(46)38-24-41(37)30-6-3-2-4-7-30)47-35(48-34(25)27-12-10-26(23-42)11-13-27)28-14-16-29(17-15-28)39-32(43)8-5-9-33(44)45/h2-4,6-7,10-17,25,31,34-35,42H,5,8-9,18-24H2,1H3,(H,38,46)(H,39,43)(H,44,45). The average Bonchev–Trinajstić information content (AvgIpc) is 3.41. The lowest BCUT2D eigenvalue weighted by molar-refractivity contribution is -0.276. The van der Waals surface area contributed by atoms with E-state index in [0.29, 0.717) is 31.7 Å². The summed E-state index contributed by atoms with van der Waals surface area (Å²) in [4.78, 5) is 40.9. The highest BCUT2D eigenvalue weighted by atomic mass is 16.7. The smallest absolute Gasteiger partial charge is 0.303 e. The molecule has 0 radical (unpaired) electrons. The Labute approximate surface area is 280 Å². The topological polar surface area (TPSA) is 141 Å². The molecule has 0 aliphatic carbocycles. The number of amides is 2. The molecular weight excluding hydrogens is 612 g/mol. The predicted molar refractivity (Wildman–Crippen MR) is 180 cm³/mol. The zero-order chi connectivity index (χ0) is 33.7. The zero-order valence-corrected chi connectivity index (χ0v) is 27.2. The van der Waals surface area contributed by atoms with E-state index in [4.69, 9.17) is 14.6 Å². The molecule has 3 fully saturated rings. The van der Waals surface area contributed by atoms with Gasteiger partial charge in [-0.1, -0.05) is 61.5 Å². The Morgan fingerprint density at radius 2 is 1.62 bits per heavy atom. The van der Waals surface area contributed by atoms with Gasteiger partial charge in [0.15, 0.2) is 6.29 Å². The molecule has 6 rings (SSSR count). The molecule has 0 bridgehead atoms. The van der Waals surface area contributed by atoms with Gasteiger partial charge in [-0.15, -0.1) is 0 Å². The van der Waals surface area contributed by atoms with Gasteiger partial charge in [0.2, 0.25) is 11.8 Å². The van der Waals surface area contributed by atoms with E-state index in [2.05, 4.69) is 39.5 Å². The van der Waals surface area contributed by atoms with Crippen molar-refractivity contribution < 1.29 is 34.1 Å². The molecule has 3 aliphatic heterocycles. The molecule has 3 saturated heterocycles. The number of nitrogens with zero attached hydrogens (tertiary/aromatic N) is 2. The van der Waals surface area contributed by atoms with Crippen LogP contribution in [0.1, 0.15) is 68.1 Å². The Kier molecular flexibility index (Phi) is 10.4. The van der Waals surface area contributed by atoms with Crippen LogP contribution in [-0.2, 0) is 30.5 Å². The van der Waals surface area contributed by atoms with Crippen molar-refractivity contribution in [1.82, 2.24) is 10.2 Å². The fourth-order valence-corrected chi connectivity index (χ4v) is 7.07. The van der Waals surface area contributed by atoms with E-state index >= 15 is 0 Å².